The second-order valence-electron chi connectivity index (χ2n) is 9.26. The van der Waals surface area contributed by atoms with E-state index < -0.39 is 11.8 Å². The Balaban J connectivity index is 2.10. The van der Waals surface area contributed by atoms with Gasteiger partial charge in [0.05, 0.1) is 5.92 Å². The van der Waals surface area contributed by atoms with Crippen LogP contribution >= 0.6 is 11.3 Å². The molecule has 0 aliphatic heterocycles. The quantitative estimate of drug-likeness (QED) is 0.785. The summed E-state index contributed by atoms with van der Waals surface area (Å²) in [5.41, 5.74) is 0.385. The SMILES string of the molecule is CC1(C)CC(=O)C([C@@H](C2=C(O)CC(C)(C)CC2=O)c2ccsc2)C(=O)C1. The molecule has 2 aliphatic rings. The van der Waals surface area contributed by atoms with E-state index in [0.29, 0.717) is 25.7 Å². The molecule has 0 amide bonds. The minimum Gasteiger partial charge on any atom is -0.512 e. The summed E-state index contributed by atoms with van der Waals surface area (Å²) in [4.78, 5) is 38.7. The second-order valence-corrected chi connectivity index (χ2v) is 10.0. The van der Waals surface area contributed by atoms with Crippen LogP contribution < -0.4 is 0 Å². The fraction of sp³-hybridized carbons (Fsp3) is 0.571. The van der Waals surface area contributed by atoms with E-state index in [1.165, 1.54) is 11.3 Å². The summed E-state index contributed by atoms with van der Waals surface area (Å²) in [6.45, 7) is 7.72. The molecule has 0 radical (unpaired) electrons. The molecule has 140 valence electrons. The number of carbonyl (C=O) groups is 3. The number of rotatable bonds is 3. The first-order valence-electron chi connectivity index (χ1n) is 9.03. The largest absolute Gasteiger partial charge is 0.512 e. The van der Waals surface area contributed by atoms with Crippen LogP contribution in [0.5, 0.6) is 0 Å². The maximum Gasteiger partial charge on any atom is 0.163 e. The fourth-order valence-corrected chi connectivity index (χ4v) is 5.11. The smallest absolute Gasteiger partial charge is 0.163 e. The summed E-state index contributed by atoms with van der Waals surface area (Å²) in [6.07, 6.45) is 1.33. The molecule has 4 nitrogen and oxygen atoms in total. The zero-order chi connectivity index (χ0) is 19.3. The lowest BCUT2D eigenvalue weighted by Crippen LogP contribution is -2.43. The molecule has 1 aromatic heterocycles. The number of hydrogen-bond acceptors (Lipinski definition) is 5. The summed E-state index contributed by atoms with van der Waals surface area (Å²) >= 11 is 1.46. The lowest BCUT2D eigenvalue weighted by atomic mass is 9.63. The molecule has 0 bridgehead atoms. The molecule has 1 atom stereocenters. The van der Waals surface area contributed by atoms with Crippen LogP contribution in [0.1, 0.15) is 64.9 Å². The molecular formula is C21H26O4S. The molecule has 1 N–H and O–H groups in total. The van der Waals surface area contributed by atoms with Gasteiger partial charge in [0, 0.05) is 37.2 Å². The number of ketones is 3. The number of aliphatic hydroxyl groups is 1. The molecule has 1 aromatic rings. The van der Waals surface area contributed by atoms with Gasteiger partial charge in [0.1, 0.15) is 17.3 Å². The molecule has 1 heterocycles. The highest BCUT2D eigenvalue weighted by atomic mass is 32.1. The summed E-state index contributed by atoms with van der Waals surface area (Å²) < 4.78 is 0. The van der Waals surface area contributed by atoms with E-state index in [0.717, 1.165) is 5.56 Å². The topological polar surface area (TPSA) is 71.4 Å². The Kier molecular flexibility index (Phi) is 4.72. The third-order valence-corrected chi connectivity index (χ3v) is 6.14. The number of hydrogen-bond donors (Lipinski definition) is 1. The van der Waals surface area contributed by atoms with Gasteiger partial charge in [-0.25, -0.2) is 0 Å². The van der Waals surface area contributed by atoms with E-state index in [1.807, 2.05) is 44.5 Å². The lowest BCUT2D eigenvalue weighted by Gasteiger charge is -2.38. The number of allylic oxidation sites excluding steroid dienone is 2. The van der Waals surface area contributed by atoms with Crippen LogP contribution in [-0.2, 0) is 14.4 Å². The zero-order valence-corrected chi connectivity index (χ0v) is 16.6. The van der Waals surface area contributed by atoms with Crippen LogP contribution in [0.4, 0.5) is 0 Å². The molecule has 5 heteroatoms. The Bertz CT molecular complexity index is 763. The maximum atomic E-state index is 12.9. The van der Waals surface area contributed by atoms with E-state index in [4.69, 9.17) is 0 Å². The van der Waals surface area contributed by atoms with Crippen LogP contribution in [0.3, 0.4) is 0 Å². The van der Waals surface area contributed by atoms with Crippen LogP contribution in [-0.4, -0.2) is 22.5 Å². The van der Waals surface area contributed by atoms with Gasteiger partial charge in [-0.05, 0) is 33.2 Å². The van der Waals surface area contributed by atoms with E-state index in [1.54, 1.807) is 0 Å². The van der Waals surface area contributed by atoms with Gasteiger partial charge >= 0.3 is 0 Å². The Morgan fingerprint density at radius 2 is 1.58 bits per heavy atom. The predicted octanol–water partition coefficient (Wildman–Crippen LogP) is 4.61. The Labute approximate surface area is 158 Å². The van der Waals surface area contributed by atoms with Gasteiger partial charge in [0.15, 0.2) is 5.78 Å². The minimum absolute atomic E-state index is 0.0351. The van der Waals surface area contributed by atoms with Gasteiger partial charge in [-0.2, -0.15) is 11.3 Å². The highest BCUT2D eigenvalue weighted by Crippen LogP contribution is 2.47. The molecule has 3 rings (SSSR count). The van der Waals surface area contributed by atoms with Gasteiger partial charge < -0.3 is 5.11 Å². The van der Waals surface area contributed by atoms with Crippen molar-refractivity contribution in [1.82, 2.24) is 0 Å². The van der Waals surface area contributed by atoms with Crippen molar-refractivity contribution >= 4 is 28.7 Å². The Morgan fingerprint density at radius 1 is 1.00 bits per heavy atom. The molecule has 26 heavy (non-hydrogen) atoms. The molecule has 0 saturated heterocycles. The summed E-state index contributed by atoms with van der Waals surface area (Å²) in [5, 5.41) is 14.4. The monoisotopic (exact) mass is 374 g/mol. The summed E-state index contributed by atoms with van der Waals surface area (Å²) in [7, 11) is 0. The molecule has 2 aliphatic carbocycles. The molecule has 0 aromatic carbocycles. The van der Waals surface area contributed by atoms with E-state index in [2.05, 4.69) is 0 Å². The lowest BCUT2D eigenvalue weighted by molar-refractivity contribution is -0.140. The average molecular weight is 375 g/mol. The first-order chi connectivity index (χ1) is 12.0. The Morgan fingerprint density at radius 3 is 2.08 bits per heavy atom. The Hall–Kier alpha value is -1.75. The highest BCUT2D eigenvalue weighted by molar-refractivity contribution is 7.08. The van der Waals surface area contributed by atoms with Crippen molar-refractivity contribution in [2.45, 2.75) is 59.3 Å². The van der Waals surface area contributed by atoms with Crippen LogP contribution in [0.25, 0.3) is 0 Å². The normalized spacial score (nSPS) is 24.8. The maximum absolute atomic E-state index is 12.9. The highest BCUT2D eigenvalue weighted by Gasteiger charge is 2.48. The fourth-order valence-electron chi connectivity index (χ4n) is 4.41. The van der Waals surface area contributed by atoms with E-state index in [-0.39, 0.29) is 39.5 Å². The number of Topliss-reactive ketones (excluding diaryl/α,β-unsaturated/α-hetero) is 3. The van der Waals surface area contributed by atoms with Crippen molar-refractivity contribution in [3.63, 3.8) is 0 Å². The molecular weight excluding hydrogens is 348 g/mol. The van der Waals surface area contributed by atoms with Crippen molar-refractivity contribution in [2.75, 3.05) is 0 Å². The van der Waals surface area contributed by atoms with E-state index >= 15 is 0 Å². The minimum atomic E-state index is -0.875. The van der Waals surface area contributed by atoms with Crippen LogP contribution in [0, 0.1) is 16.7 Å². The van der Waals surface area contributed by atoms with Gasteiger partial charge in [0.2, 0.25) is 0 Å². The van der Waals surface area contributed by atoms with Crippen LogP contribution in [0.15, 0.2) is 28.2 Å². The van der Waals surface area contributed by atoms with Gasteiger partial charge in [-0.3, -0.25) is 14.4 Å². The van der Waals surface area contributed by atoms with Gasteiger partial charge in [-0.15, -0.1) is 0 Å². The summed E-state index contributed by atoms with van der Waals surface area (Å²) in [6, 6.07) is 1.85. The van der Waals surface area contributed by atoms with Gasteiger partial charge in [0.25, 0.3) is 0 Å². The van der Waals surface area contributed by atoms with Crippen molar-refractivity contribution in [2.24, 2.45) is 16.7 Å². The molecule has 1 fully saturated rings. The first kappa shape index (κ1) is 19.0. The van der Waals surface area contributed by atoms with Crippen molar-refractivity contribution in [1.29, 1.82) is 0 Å². The van der Waals surface area contributed by atoms with Crippen molar-refractivity contribution < 1.29 is 19.5 Å². The third-order valence-electron chi connectivity index (χ3n) is 5.44. The molecule has 1 saturated carbocycles. The molecule has 0 unspecified atom stereocenters. The van der Waals surface area contributed by atoms with Crippen molar-refractivity contribution in [3.05, 3.63) is 33.7 Å². The third kappa shape index (κ3) is 3.54. The second kappa shape index (κ2) is 6.45. The number of thiophene rings is 1. The standard InChI is InChI=1S/C21H26O4S/c1-20(2)7-13(22)18(14(23)8-20)17(12-5-6-26-11-12)19-15(24)9-21(3,4)10-16(19)25/h5-6,11,17-18,24H,7-10H2,1-4H3/t17-/m0/s1. The zero-order valence-electron chi connectivity index (χ0n) is 15.8. The summed E-state index contributed by atoms with van der Waals surface area (Å²) in [5.74, 6) is -1.91. The van der Waals surface area contributed by atoms with Crippen LogP contribution in [0.2, 0.25) is 0 Å². The number of carbonyl (C=O) groups excluding carboxylic acids is 3. The first-order valence-corrected chi connectivity index (χ1v) is 9.98. The van der Waals surface area contributed by atoms with Gasteiger partial charge in [-0.1, -0.05) is 27.7 Å². The number of aliphatic hydroxyl groups excluding tert-OH is 1. The average Bonchev–Trinajstić information content (AvgIpc) is 2.95. The van der Waals surface area contributed by atoms with E-state index in [9.17, 15) is 19.5 Å². The molecule has 0 spiro atoms. The van der Waals surface area contributed by atoms with Crippen molar-refractivity contribution in [3.8, 4) is 0 Å². The predicted molar refractivity (Wildman–Crippen MR) is 101 cm³/mol.